The minimum Gasteiger partial charge on any atom is -0.497 e. The molecule has 1 aliphatic heterocycles. The van der Waals surface area contributed by atoms with Gasteiger partial charge in [-0.3, -0.25) is 14.6 Å². The third-order valence-corrected chi connectivity index (χ3v) is 8.29. The van der Waals surface area contributed by atoms with Crippen LogP contribution in [0.1, 0.15) is 45.4 Å². The van der Waals surface area contributed by atoms with Gasteiger partial charge in [0, 0.05) is 30.1 Å². The number of piperidine rings is 1. The van der Waals surface area contributed by atoms with E-state index in [1.807, 2.05) is 29.6 Å². The van der Waals surface area contributed by atoms with Crippen LogP contribution in [0.15, 0.2) is 34.4 Å². The third-order valence-electron chi connectivity index (χ3n) is 7.33. The van der Waals surface area contributed by atoms with Crippen molar-refractivity contribution in [2.45, 2.75) is 51.5 Å². The number of ether oxygens (including phenoxy) is 1. The quantitative estimate of drug-likeness (QED) is 0.559. The molecule has 0 unspecified atom stereocenters. The van der Waals surface area contributed by atoms with Gasteiger partial charge >= 0.3 is 0 Å². The second-order valence-electron chi connectivity index (χ2n) is 9.61. The molecular formula is C26H32N4O3S. The Morgan fingerprint density at radius 2 is 2.09 bits per heavy atom. The first-order valence-electron chi connectivity index (χ1n) is 12.2. The number of carbonyl (C=O) groups is 1. The van der Waals surface area contributed by atoms with Gasteiger partial charge in [0.15, 0.2) is 0 Å². The Balaban J connectivity index is 1.39. The maximum Gasteiger partial charge on any atom is 0.270 e. The molecule has 3 atom stereocenters. The highest BCUT2D eigenvalue weighted by Gasteiger charge is 2.30. The molecule has 2 aliphatic rings. The summed E-state index contributed by atoms with van der Waals surface area (Å²) in [5.41, 5.74) is 2.44. The van der Waals surface area contributed by atoms with Gasteiger partial charge in [-0.15, -0.1) is 11.3 Å². The van der Waals surface area contributed by atoms with Gasteiger partial charge in [0.2, 0.25) is 11.9 Å². The number of aromatic amines is 1. The van der Waals surface area contributed by atoms with Crippen molar-refractivity contribution < 1.29 is 9.53 Å². The number of methoxy groups -OCH3 is 1. The minimum absolute atomic E-state index is 0.0933. The maximum atomic E-state index is 13.1. The Kier molecular flexibility index (Phi) is 6.59. The average Bonchev–Trinajstić information content (AvgIpc) is 3.30. The molecule has 2 fully saturated rings. The fourth-order valence-corrected chi connectivity index (χ4v) is 6.18. The van der Waals surface area contributed by atoms with E-state index in [1.165, 1.54) is 30.6 Å². The number of carbonyl (C=O) groups excluding carboxylic acids is 1. The number of hydrogen-bond acceptors (Lipinski definition) is 6. The summed E-state index contributed by atoms with van der Waals surface area (Å²) < 4.78 is 5.98. The molecule has 180 valence electrons. The number of aromatic nitrogens is 2. The molecule has 1 aromatic carbocycles. The first kappa shape index (κ1) is 22.9. The molecule has 3 aromatic rings. The van der Waals surface area contributed by atoms with Gasteiger partial charge in [0.25, 0.3) is 5.56 Å². The van der Waals surface area contributed by atoms with Gasteiger partial charge < -0.3 is 15.0 Å². The SMILES string of the molecule is COc1cccc(-c2csc3c(=O)[nH]c(N4CCC[C@H](C(=O)N[C@H]5CCCC[C@H]5C)C4)nc23)c1. The van der Waals surface area contributed by atoms with Gasteiger partial charge in [-0.25, -0.2) is 4.98 Å². The zero-order chi connectivity index (χ0) is 23.7. The van der Waals surface area contributed by atoms with Crippen LogP contribution >= 0.6 is 11.3 Å². The number of thiophene rings is 1. The molecule has 0 radical (unpaired) electrons. The Bertz CT molecular complexity index is 1240. The van der Waals surface area contributed by atoms with Gasteiger partial charge in [0.1, 0.15) is 10.4 Å². The summed E-state index contributed by atoms with van der Waals surface area (Å²) in [4.78, 5) is 35.9. The van der Waals surface area contributed by atoms with Crippen LogP contribution in [0.25, 0.3) is 21.3 Å². The third kappa shape index (κ3) is 4.56. The van der Waals surface area contributed by atoms with Crippen LogP contribution in [0, 0.1) is 11.8 Å². The molecule has 0 bridgehead atoms. The van der Waals surface area contributed by atoms with Gasteiger partial charge in [0.05, 0.1) is 18.5 Å². The first-order chi connectivity index (χ1) is 16.5. The molecule has 1 aliphatic carbocycles. The molecule has 1 amide bonds. The predicted octanol–water partition coefficient (Wildman–Crippen LogP) is 4.57. The molecule has 3 heterocycles. The van der Waals surface area contributed by atoms with E-state index in [2.05, 4.69) is 22.1 Å². The lowest BCUT2D eigenvalue weighted by atomic mass is 9.85. The van der Waals surface area contributed by atoms with Crippen LogP contribution in [-0.4, -0.2) is 42.1 Å². The smallest absolute Gasteiger partial charge is 0.270 e. The van der Waals surface area contributed by atoms with E-state index in [-0.39, 0.29) is 23.4 Å². The highest BCUT2D eigenvalue weighted by Crippen LogP contribution is 2.34. The number of fused-ring (bicyclic) bond motifs is 1. The number of H-pyrrole nitrogens is 1. The number of nitrogens with one attached hydrogen (secondary N) is 2. The zero-order valence-electron chi connectivity index (χ0n) is 19.8. The Morgan fingerprint density at radius 1 is 1.24 bits per heavy atom. The molecular weight excluding hydrogens is 448 g/mol. The number of amides is 1. The minimum atomic E-state index is -0.137. The number of hydrogen-bond donors (Lipinski definition) is 2. The summed E-state index contributed by atoms with van der Waals surface area (Å²) >= 11 is 1.40. The number of benzene rings is 1. The molecule has 7 nitrogen and oxygen atoms in total. The summed E-state index contributed by atoms with van der Waals surface area (Å²) in [6.45, 7) is 3.58. The van der Waals surface area contributed by atoms with Crippen molar-refractivity contribution in [3.8, 4) is 16.9 Å². The summed E-state index contributed by atoms with van der Waals surface area (Å²) in [7, 11) is 1.64. The van der Waals surface area contributed by atoms with E-state index in [1.54, 1.807) is 7.11 Å². The molecule has 1 saturated carbocycles. The number of rotatable bonds is 5. The van der Waals surface area contributed by atoms with E-state index < -0.39 is 0 Å². The lowest BCUT2D eigenvalue weighted by Crippen LogP contribution is -2.48. The lowest BCUT2D eigenvalue weighted by Gasteiger charge is -2.35. The molecule has 5 rings (SSSR count). The van der Waals surface area contributed by atoms with E-state index in [0.29, 0.717) is 28.6 Å². The van der Waals surface area contributed by atoms with Gasteiger partial charge in [-0.2, -0.15) is 0 Å². The van der Waals surface area contributed by atoms with E-state index in [9.17, 15) is 9.59 Å². The van der Waals surface area contributed by atoms with Crippen molar-refractivity contribution in [3.05, 3.63) is 40.0 Å². The molecule has 2 aromatic heterocycles. The maximum absolute atomic E-state index is 13.1. The van der Waals surface area contributed by atoms with Crippen LogP contribution in [0.2, 0.25) is 0 Å². The van der Waals surface area contributed by atoms with Crippen LogP contribution in [0.4, 0.5) is 5.95 Å². The van der Waals surface area contributed by atoms with E-state index >= 15 is 0 Å². The summed E-state index contributed by atoms with van der Waals surface area (Å²) in [5.74, 6) is 1.89. The number of nitrogens with zero attached hydrogens (tertiary/aromatic N) is 2. The highest BCUT2D eigenvalue weighted by molar-refractivity contribution is 7.17. The fourth-order valence-electron chi connectivity index (χ4n) is 5.28. The number of anilines is 1. The van der Waals surface area contributed by atoms with Crippen LogP contribution < -0.4 is 20.5 Å². The fraction of sp³-hybridized carbons (Fsp3) is 0.500. The van der Waals surface area contributed by atoms with Gasteiger partial charge in [-0.1, -0.05) is 31.9 Å². The molecule has 1 saturated heterocycles. The van der Waals surface area contributed by atoms with Crippen LogP contribution in [-0.2, 0) is 4.79 Å². The van der Waals surface area contributed by atoms with Crippen molar-refractivity contribution in [1.29, 1.82) is 0 Å². The van der Waals surface area contributed by atoms with Crippen molar-refractivity contribution in [2.24, 2.45) is 11.8 Å². The van der Waals surface area contributed by atoms with Crippen LogP contribution in [0.5, 0.6) is 5.75 Å². The average molecular weight is 481 g/mol. The first-order valence-corrected chi connectivity index (χ1v) is 13.1. The van der Waals surface area contributed by atoms with Crippen LogP contribution in [0.3, 0.4) is 0 Å². The van der Waals surface area contributed by atoms with Crippen molar-refractivity contribution >= 4 is 33.4 Å². The largest absolute Gasteiger partial charge is 0.497 e. The van der Waals surface area contributed by atoms with Crippen molar-refractivity contribution in [1.82, 2.24) is 15.3 Å². The monoisotopic (exact) mass is 480 g/mol. The van der Waals surface area contributed by atoms with E-state index in [4.69, 9.17) is 9.72 Å². The van der Waals surface area contributed by atoms with E-state index in [0.717, 1.165) is 42.7 Å². The summed E-state index contributed by atoms with van der Waals surface area (Å²) in [6, 6.07) is 8.07. The Labute approximate surface area is 203 Å². The predicted molar refractivity (Wildman–Crippen MR) is 137 cm³/mol. The Morgan fingerprint density at radius 3 is 2.91 bits per heavy atom. The lowest BCUT2D eigenvalue weighted by molar-refractivity contribution is -0.126. The molecule has 8 heteroatoms. The summed E-state index contributed by atoms with van der Waals surface area (Å²) in [6.07, 6.45) is 6.46. The topological polar surface area (TPSA) is 87.3 Å². The normalized spacial score (nSPS) is 23.1. The standard InChI is InChI=1S/C26H32N4O3S/c1-16-7-3-4-11-21(16)27-24(31)18-9-6-12-30(14-18)26-28-22-20(15-34-23(22)25(32)29-26)17-8-5-10-19(13-17)33-2/h5,8,10,13,15-16,18,21H,3-4,6-7,9,11-12,14H2,1-2H3,(H,27,31)(H,28,29,32)/t16-,18+,21+/m1/s1. The molecule has 34 heavy (non-hydrogen) atoms. The van der Waals surface area contributed by atoms with Crippen molar-refractivity contribution in [3.63, 3.8) is 0 Å². The van der Waals surface area contributed by atoms with Crippen molar-refractivity contribution in [2.75, 3.05) is 25.1 Å². The Hall–Kier alpha value is -2.87. The summed E-state index contributed by atoms with van der Waals surface area (Å²) in [5, 5.41) is 5.30. The second kappa shape index (κ2) is 9.78. The second-order valence-corrected chi connectivity index (χ2v) is 10.5. The highest BCUT2D eigenvalue weighted by atomic mass is 32.1. The molecule has 2 N–H and O–H groups in total. The zero-order valence-corrected chi connectivity index (χ0v) is 20.6. The van der Waals surface area contributed by atoms with Gasteiger partial charge in [-0.05, 0) is 49.3 Å². The molecule has 0 spiro atoms.